The highest BCUT2D eigenvalue weighted by atomic mass is 79.9. The fourth-order valence-electron chi connectivity index (χ4n) is 3.94. The number of benzene rings is 2. The van der Waals surface area contributed by atoms with E-state index in [0.29, 0.717) is 31.2 Å². The van der Waals surface area contributed by atoms with Crippen LogP contribution in [-0.4, -0.2) is 29.4 Å². The lowest BCUT2D eigenvalue weighted by Crippen LogP contribution is -2.32. The summed E-state index contributed by atoms with van der Waals surface area (Å²) >= 11 is 3.45. The highest BCUT2D eigenvalue weighted by Gasteiger charge is 2.31. The molecule has 0 radical (unpaired) electrons. The molecule has 0 fully saturated rings. The fourth-order valence-corrected chi connectivity index (χ4v) is 4.28. The van der Waals surface area contributed by atoms with Crippen LogP contribution in [0.1, 0.15) is 33.1 Å². The first-order valence-corrected chi connectivity index (χ1v) is 9.80. The molecule has 3 heterocycles. The number of carbonyl (C=O) groups is 1. The third-order valence-corrected chi connectivity index (χ3v) is 5.99. The predicted molar refractivity (Wildman–Crippen MR) is 109 cm³/mol. The minimum absolute atomic E-state index is 0.0595. The number of nitrogens with two attached hydrogens (primary N) is 1. The van der Waals surface area contributed by atoms with Gasteiger partial charge in [0.25, 0.3) is 5.91 Å². The number of nitrogens with zero attached hydrogens (tertiary/aromatic N) is 2. The number of halogens is 1. The quantitative estimate of drug-likeness (QED) is 0.656. The maximum absolute atomic E-state index is 13.2. The molecule has 3 aromatic rings. The Morgan fingerprint density at radius 2 is 2.04 bits per heavy atom. The summed E-state index contributed by atoms with van der Waals surface area (Å²) in [5, 5.41) is 0.924. The molecular formula is C21H18BrN3O3. The van der Waals surface area contributed by atoms with Crippen LogP contribution < -0.4 is 10.5 Å². The van der Waals surface area contributed by atoms with E-state index in [1.54, 1.807) is 11.0 Å². The normalized spacial score (nSPS) is 17.3. The van der Waals surface area contributed by atoms with E-state index >= 15 is 0 Å². The second-order valence-corrected chi connectivity index (χ2v) is 8.02. The third kappa shape index (κ3) is 2.65. The van der Waals surface area contributed by atoms with E-state index in [-0.39, 0.29) is 11.9 Å². The molecular weight excluding hydrogens is 422 g/mol. The van der Waals surface area contributed by atoms with Gasteiger partial charge in [-0.15, -0.1) is 0 Å². The van der Waals surface area contributed by atoms with Crippen LogP contribution >= 0.6 is 15.9 Å². The van der Waals surface area contributed by atoms with Gasteiger partial charge in [-0.25, -0.2) is 4.98 Å². The van der Waals surface area contributed by atoms with Gasteiger partial charge in [-0.1, -0.05) is 22.0 Å². The molecule has 2 aliphatic heterocycles. The summed E-state index contributed by atoms with van der Waals surface area (Å²) in [7, 11) is 1.81. The average Bonchev–Trinajstić information content (AvgIpc) is 3.34. The molecule has 0 saturated heterocycles. The number of likely N-dealkylation sites (N-methyl/N-ethyl adjacent to an activating group) is 1. The van der Waals surface area contributed by atoms with Crippen LogP contribution in [0.25, 0.3) is 10.9 Å². The summed E-state index contributed by atoms with van der Waals surface area (Å²) in [5.74, 6) is 1.25. The Hall–Kier alpha value is -2.64. The molecule has 0 aliphatic carbocycles. The Kier molecular flexibility index (Phi) is 4.03. The number of nitrogen functional groups attached to an aromatic ring is 1. The zero-order valence-corrected chi connectivity index (χ0v) is 16.8. The molecule has 0 bridgehead atoms. The van der Waals surface area contributed by atoms with Crippen LogP contribution in [0.5, 0.6) is 5.75 Å². The van der Waals surface area contributed by atoms with Crippen molar-refractivity contribution in [3.63, 3.8) is 0 Å². The maximum Gasteiger partial charge on any atom is 0.254 e. The lowest BCUT2D eigenvalue weighted by molar-refractivity contribution is 0.0708. The Morgan fingerprint density at radius 1 is 1.21 bits per heavy atom. The van der Waals surface area contributed by atoms with Gasteiger partial charge in [-0.2, -0.15) is 0 Å². The monoisotopic (exact) mass is 439 g/mol. The van der Waals surface area contributed by atoms with Crippen LogP contribution in [0, 0.1) is 0 Å². The topological polar surface area (TPSA) is 77.7 Å². The average molecular weight is 440 g/mol. The molecule has 1 atom stereocenters. The Morgan fingerprint density at radius 3 is 2.89 bits per heavy atom. The number of anilines is 1. The number of rotatable bonds is 2. The van der Waals surface area contributed by atoms with Gasteiger partial charge >= 0.3 is 0 Å². The molecule has 6 nitrogen and oxygen atoms in total. The number of fused-ring (bicyclic) bond motifs is 4. The molecule has 7 heteroatoms. The minimum atomic E-state index is -0.120. The molecule has 0 saturated carbocycles. The molecule has 2 aromatic carbocycles. The Bertz CT molecular complexity index is 1130. The summed E-state index contributed by atoms with van der Waals surface area (Å²) in [4.78, 5) is 19.4. The van der Waals surface area contributed by atoms with Crippen LogP contribution in [-0.2, 0) is 18.0 Å². The number of ether oxygens (including phenoxy) is 2. The summed E-state index contributed by atoms with van der Waals surface area (Å²) in [6.07, 6.45) is 0. The first-order valence-electron chi connectivity index (χ1n) is 9.01. The van der Waals surface area contributed by atoms with Gasteiger partial charge in [0.15, 0.2) is 0 Å². The standard InChI is InChI=1S/C21H18BrN3O3/c1-25(18-10-28-19-7-12(22)3-4-13(18)19)21(26)11-2-5-17-14(6-11)15-8-27-9-16(15)20(23)24-17/h2-7,18H,8-10H2,1H3,(H2,23,24). The molecule has 2 N–H and O–H groups in total. The first kappa shape index (κ1) is 17.5. The van der Waals surface area contributed by atoms with Crippen molar-refractivity contribution in [1.29, 1.82) is 0 Å². The number of hydrogen-bond acceptors (Lipinski definition) is 5. The number of hydrogen-bond donors (Lipinski definition) is 1. The van der Waals surface area contributed by atoms with Crippen LogP contribution in [0.15, 0.2) is 40.9 Å². The number of amides is 1. The van der Waals surface area contributed by atoms with Crippen LogP contribution in [0.3, 0.4) is 0 Å². The lowest BCUT2D eigenvalue weighted by Gasteiger charge is -2.24. The maximum atomic E-state index is 13.2. The fraction of sp³-hybridized carbons (Fsp3) is 0.238. The van der Waals surface area contributed by atoms with Crippen molar-refractivity contribution in [2.24, 2.45) is 0 Å². The number of carbonyl (C=O) groups excluding carboxylic acids is 1. The van der Waals surface area contributed by atoms with E-state index in [1.807, 2.05) is 37.4 Å². The van der Waals surface area contributed by atoms with Gasteiger partial charge in [-0.05, 0) is 35.9 Å². The van der Waals surface area contributed by atoms with Gasteiger partial charge in [0, 0.05) is 33.6 Å². The second kappa shape index (κ2) is 6.46. The molecule has 28 heavy (non-hydrogen) atoms. The van der Waals surface area contributed by atoms with E-state index in [0.717, 1.165) is 37.8 Å². The van der Waals surface area contributed by atoms with E-state index in [9.17, 15) is 4.79 Å². The van der Waals surface area contributed by atoms with E-state index in [4.69, 9.17) is 15.2 Å². The molecule has 1 amide bonds. The smallest absolute Gasteiger partial charge is 0.254 e. The molecule has 5 rings (SSSR count). The van der Waals surface area contributed by atoms with Gasteiger partial charge in [0.1, 0.15) is 18.2 Å². The molecule has 142 valence electrons. The number of pyridine rings is 1. The van der Waals surface area contributed by atoms with Gasteiger partial charge < -0.3 is 20.1 Å². The Labute approximate surface area is 170 Å². The summed E-state index contributed by atoms with van der Waals surface area (Å²) in [6, 6.07) is 11.3. The van der Waals surface area contributed by atoms with Crippen molar-refractivity contribution in [3.05, 3.63) is 63.1 Å². The largest absolute Gasteiger partial charge is 0.491 e. The van der Waals surface area contributed by atoms with E-state index in [1.165, 1.54) is 0 Å². The Balaban J connectivity index is 1.51. The molecule has 1 unspecified atom stereocenters. The minimum Gasteiger partial charge on any atom is -0.491 e. The lowest BCUT2D eigenvalue weighted by atomic mass is 10.0. The highest BCUT2D eigenvalue weighted by Crippen LogP contribution is 2.38. The third-order valence-electron chi connectivity index (χ3n) is 5.49. The van der Waals surface area contributed by atoms with Crippen LogP contribution in [0.4, 0.5) is 5.82 Å². The highest BCUT2D eigenvalue weighted by molar-refractivity contribution is 9.10. The van der Waals surface area contributed by atoms with Crippen molar-refractivity contribution in [2.45, 2.75) is 19.3 Å². The van der Waals surface area contributed by atoms with Crippen molar-refractivity contribution in [1.82, 2.24) is 9.88 Å². The zero-order chi connectivity index (χ0) is 19.4. The summed E-state index contributed by atoms with van der Waals surface area (Å²) in [5.41, 5.74) is 10.4. The van der Waals surface area contributed by atoms with Crippen molar-refractivity contribution >= 4 is 38.6 Å². The van der Waals surface area contributed by atoms with Gasteiger partial charge in [-0.3, -0.25) is 4.79 Å². The van der Waals surface area contributed by atoms with Crippen molar-refractivity contribution < 1.29 is 14.3 Å². The van der Waals surface area contributed by atoms with Gasteiger partial charge in [0.2, 0.25) is 0 Å². The van der Waals surface area contributed by atoms with E-state index in [2.05, 4.69) is 20.9 Å². The van der Waals surface area contributed by atoms with Gasteiger partial charge in [0.05, 0.1) is 24.8 Å². The number of aromatic nitrogens is 1. The molecule has 2 aliphatic rings. The van der Waals surface area contributed by atoms with E-state index < -0.39 is 0 Å². The van der Waals surface area contributed by atoms with Crippen LogP contribution in [0.2, 0.25) is 0 Å². The van der Waals surface area contributed by atoms with Crippen molar-refractivity contribution in [2.75, 3.05) is 19.4 Å². The zero-order valence-electron chi connectivity index (χ0n) is 15.2. The first-order chi connectivity index (χ1) is 13.5. The predicted octanol–water partition coefficient (Wildman–Crippen LogP) is 3.82. The second-order valence-electron chi connectivity index (χ2n) is 7.10. The molecule has 0 spiro atoms. The summed E-state index contributed by atoms with van der Waals surface area (Å²) < 4.78 is 12.3. The molecule has 1 aromatic heterocycles. The van der Waals surface area contributed by atoms with Crippen molar-refractivity contribution in [3.8, 4) is 5.75 Å². The SMILES string of the molecule is CN(C(=O)c1ccc2nc(N)c3c(c2c1)COC3)C1COc2cc(Br)ccc21. The summed E-state index contributed by atoms with van der Waals surface area (Å²) in [6.45, 7) is 1.40.